The number of aromatic nitrogens is 5. The predicted molar refractivity (Wildman–Crippen MR) is 152 cm³/mol. The molecule has 1 unspecified atom stereocenters. The summed E-state index contributed by atoms with van der Waals surface area (Å²) in [7, 11) is 0. The lowest BCUT2D eigenvalue weighted by Gasteiger charge is -2.24. The van der Waals surface area contributed by atoms with Gasteiger partial charge in [-0.25, -0.2) is 19.7 Å². The highest BCUT2D eigenvalue weighted by Gasteiger charge is 2.32. The molecule has 11 heteroatoms. The van der Waals surface area contributed by atoms with Crippen LogP contribution in [-0.2, 0) is 4.74 Å². The summed E-state index contributed by atoms with van der Waals surface area (Å²) in [5.74, 6) is 0.397. The van der Waals surface area contributed by atoms with E-state index in [4.69, 9.17) is 26.1 Å². The highest BCUT2D eigenvalue weighted by molar-refractivity contribution is 7.98. The number of hydrogen-bond acceptors (Lipinski definition) is 9. The number of fused-ring (bicyclic) bond motifs is 1. The molecule has 3 aromatic heterocycles. The number of pyridine rings is 1. The van der Waals surface area contributed by atoms with Gasteiger partial charge in [0.05, 0.1) is 24.1 Å². The molecule has 1 amide bonds. The fourth-order valence-electron chi connectivity index (χ4n) is 4.28. The van der Waals surface area contributed by atoms with E-state index >= 15 is 0 Å². The monoisotopic (exact) mass is 564 g/mol. The Balaban J connectivity index is 1.50. The minimum Gasteiger partial charge on any atom is -0.472 e. The Hall–Kier alpha value is -3.50. The average Bonchev–Trinajstić information content (AvgIpc) is 3.36. The number of carbonyl (C=O) groups excluding carboxylic acids is 1. The van der Waals surface area contributed by atoms with Crippen LogP contribution in [0.1, 0.15) is 32.9 Å². The molecule has 0 bridgehead atoms. The minimum absolute atomic E-state index is 0.260. The Morgan fingerprint density at radius 3 is 2.64 bits per heavy atom. The summed E-state index contributed by atoms with van der Waals surface area (Å²) in [4.78, 5) is 36.8. The van der Waals surface area contributed by atoms with Gasteiger partial charge >= 0.3 is 6.09 Å². The Morgan fingerprint density at radius 1 is 1.10 bits per heavy atom. The quantitative estimate of drug-likeness (QED) is 0.206. The van der Waals surface area contributed by atoms with Crippen molar-refractivity contribution >= 4 is 40.5 Å². The molecule has 1 aromatic carbocycles. The maximum Gasteiger partial charge on any atom is 0.410 e. The Kier molecular flexibility index (Phi) is 7.59. The molecule has 1 fully saturated rings. The van der Waals surface area contributed by atoms with Crippen molar-refractivity contribution in [2.45, 2.75) is 51.0 Å². The van der Waals surface area contributed by atoms with Crippen molar-refractivity contribution in [3.63, 3.8) is 0 Å². The zero-order valence-electron chi connectivity index (χ0n) is 22.4. The SMILES string of the molecule is CSc1ncc2cc(-c3ccc(-c4cncc(C)n4)cc3Cl)c(OC3CCN(C(=O)OC(C)(C)C)C3)nc2n1. The summed E-state index contributed by atoms with van der Waals surface area (Å²) in [5, 5.41) is 1.90. The van der Waals surface area contributed by atoms with Gasteiger partial charge in [0.2, 0.25) is 5.88 Å². The zero-order valence-corrected chi connectivity index (χ0v) is 24.0. The number of ether oxygens (including phenoxy) is 2. The standard InChI is InChI=1S/C28H29ClN6O3S/c1-16-12-30-14-23(32-16)17-6-7-20(22(29)11-17)21-10-18-13-31-26(39-5)34-24(18)33-25(21)37-19-8-9-35(15-19)27(36)38-28(2,3)4/h6-7,10-14,19H,8-9,15H2,1-5H3. The van der Waals surface area contributed by atoms with Gasteiger partial charge in [0.1, 0.15) is 11.7 Å². The molecular weight excluding hydrogens is 536 g/mol. The van der Waals surface area contributed by atoms with Crippen molar-refractivity contribution in [3.8, 4) is 28.3 Å². The second-order valence-corrected chi connectivity index (χ2v) is 11.5. The molecule has 0 saturated carbocycles. The van der Waals surface area contributed by atoms with Gasteiger partial charge in [-0.2, -0.15) is 4.98 Å². The van der Waals surface area contributed by atoms with Crippen LogP contribution in [0.3, 0.4) is 0 Å². The average molecular weight is 565 g/mol. The van der Waals surface area contributed by atoms with Gasteiger partial charge < -0.3 is 14.4 Å². The first-order valence-electron chi connectivity index (χ1n) is 12.5. The highest BCUT2D eigenvalue weighted by atomic mass is 35.5. The first-order chi connectivity index (χ1) is 18.6. The molecule has 1 aliphatic rings. The molecule has 39 heavy (non-hydrogen) atoms. The van der Waals surface area contributed by atoms with Crippen molar-refractivity contribution in [1.29, 1.82) is 0 Å². The lowest BCUT2D eigenvalue weighted by molar-refractivity contribution is 0.0275. The topological polar surface area (TPSA) is 103 Å². The van der Waals surface area contributed by atoms with Crippen LogP contribution in [0, 0.1) is 6.92 Å². The lowest BCUT2D eigenvalue weighted by atomic mass is 10.0. The fraction of sp³-hybridized carbons (Fsp3) is 0.357. The second-order valence-electron chi connectivity index (χ2n) is 10.3. The molecule has 0 spiro atoms. The Bertz CT molecular complexity index is 1540. The van der Waals surface area contributed by atoms with E-state index in [1.165, 1.54) is 11.8 Å². The number of nitrogens with zero attached hydrogens (tertiary/aromatic N) is 6. The van der Waals surface area contributed by atoms with Crippen LogP contribution in [0.5, 0.6) is 5.88 Å². The molecule has 0 aliphatic carbocycles. The minimum atomic E-state index is -0.565. The molecule has 9 nitrogen and oxygen atoms in total. The van der Waals surface area contributed by atoms with Crippen molar-refractivity contribution < 1.29 is 14.3 Å². The molecule has 202 valence electrons. The van der Waals surface area contributed by atoms with Crippen LogP contribution in [0.15, 0.2) is 48.0 Å². The Morgan fingerprint density at radius 2 is 1.92 bits per heavy atom. The third-order valence-corrected chi connectivity index (χ3v) is 6.95. The van der Waals surface area contributed by atoms with E-state index in [2.05, 4.69) is 19.9 Å². The maximum atomic E-state index is 12.6. The highest BCUT2D eigenvalue weighted by Crippen LogP contribution is 2.38. The summed E-state index contributed by atoms with van der Waals surface area (Å²) >= 11 is 8.27. The van der Waals surface area contributed by atoms with Crippen LogP contribution in [0.4, 0.5) is 4.79 Å². The van der Waals surface area contributed by atoms with Gasteiger partial charge in [-0.05, 0) is 46.1 Å². The molecule has 1 aliphatic heterocycles. The number of hydrogen-bond donors (Lipinski definition) is 0. The molecule has 4 aromatic rings. The van der Waals surface area contributed by atoms with E-state index in [0.717, 1.165) is 27.9 Å². The van der Waals surface area contributed by atoms with Gasteiger partial charge in [-0.3, -0.25) is 4.98 Å². The maximum absolute atomic E-state index is 12.6. The number of rotatable bonds is 5. The Labute approximate surface area is 236 Å². The van der Waals surface area contributed by atoms with Crippen molar-refractivity contribution in [1.82, 2.24) is 29.8 Å². The molecule has 4 heterocycles. The van der Waals surface area contributed by atoms with Crippen LogP contribution >= 0.6 is 23.4 Å². The van der Waals surface area contributed by atoms with Gasteiger partial charge in [0.15, 0.2) is 10.8 Å². The van der Waals surface area contributed by atoms with Crippen LogP contribution in [-0.4, -0.2) is 67.0 Å². The van der Waals surface area contributed by atoms with Gasteiger partial charge in [0.25, 0.3) is 0 Å². The van der Waals surface area contributed by atoms with E-state index in [1.54, 1.807) is 23.5 Å². The van der Waals surface area contributed by atoms with E-state index < -0.39 is 5.60 Å². The van der Waals surface area contributed by atoms with Crippen LogP contribution in [0.25, 0.3) is 33.4 Å². The molecule has 0 radical (unpaired) electrons. The lowest BCUT2D eigenvalue weighted by Crippen LogP contribution is -2.36. The first kappa shape index (κ1) is 27.1. The van der Waals surface area contributed by atoms with Crippen LogP contribution in [0.2, 0.25) is 5.02 Å². The fourth-order valence-corrected chi connectivity index (χ4v) is 4.90. The number of amides is 1. The number of halogens is 1. The zero-order chi connectivity index (χ0) is 27.7. The van der Waals surface area contributed by atoms with Crippen molar-refractivity contribution in [2.24, 2.45) is 0 Å². The summed E-state index contributed by atoms with van der Waals surface area (Å²) < 4.78 is 12.0. The molecule has 5 rings (SSSR count). The number of aryl methyl sites for hydroxylation is 1. The summed E-state index contributed by atoms with van der Waals surface area (Å²) in [6, 6.07) is 7.68. The van der Waals surface area contributed by atoms with E-state index in [1.807, 2.05) is 58.2 Å². The van der Waals surface area contributed by atoms with Gasteiger partial charge in [0, 0.05) is 52.5 Å². The number of benzene rings is 1. The van der Waals surface area contributed by atoms with Crippen molar-refractivity contribution in [3.05, 3.63) is 53.6 Å². The van der Waals surface area contributed by atoms with E-state index in [9.17, 15) is 4.79 Å². The third kappa shape index (κ3) is 6.23. The summed E-state index contributed by atoms with van der Waals surface area (Å²) in [6.45, 7) is 8.39. The second kappa shape index (κ2) is 10.9. The number of carbonyl (C=O) groups is 1. The van der Waals surface area contributed by atoms with E-state index in [-0.39, 0.29) is 12.2 Å². The first-order valence-corrected chi connectivity index (χ1v) is 14.2. The molecule has 0 N–H and O–H groups in total. The molecule has 1 atom stereocenters. The third-order valence-electron chi connectivity index (χ3n) is 6.08. The van der Waals surface area contributed by atoms with E-state index in [0.29, 0.717) is 46.8 Å². The summed E-state index contributed by atoms with van der Waals surface area (Å²) in [6.07, 6.45) is 7.12. The number of thioether (sulfide) groups is 1. The van der Waals surface area contributed by atoms with Crippen LogP contribution < -0.4 is 4.74 Å². The normalized spacial score (nSPS) is 15.5. The predicted octanol–water partition coefficient (Wildman–Crippen LogP) is 6.22. The van der Waals surface area contributed by atoms with Crippen molar-refractivity contribution in [2.75, 3.05) is 19.3 Å². The smallest absolute Gasteiger partial charge is 0.410 e. The largest absolute Gasteiger partial charge is 0.472 e. The molecular formula is C28H29ClN6O3S. The summed E-state index contributed by atoms with van der Waals surface area (Å²) in [5.41, 5.74) is 3.84. The molecule has 1 saturated heterocycles. The number of likely N-dealkylation sites (tertiary alicyclic amines) is 1. The van der Waals surface area contributed by atoms with Gasteiger partial charge in [-0.1, -0.05) is 35.5 Å². The van der Waals surface area contributed by atoms with Gasteiger partial charge in [-0.15, -0.1) is 0 Å².